The van der Waals surface area contributed by atoms with E-state index >= 15 is 0 Å². The van der Waals surface area contributed by atoms with E-state index in [1.165, 1.54) is 18.5 Å². The van der Waals surface area contributed by atoms with Crippen molar-refractivity contribution in [3.8, 4) is 0 Å². The first-order valence-electron chi connectivity index (χ1n) is 6.23. The van der Waals surface area contributed by atoms with Crippen molar-refractivity contribution in [3.05, 3.63) is 0 Å². The summed E-state index contributed by atoms with van der Waals surface area (Å²) >= 11 is 0. The van der Waals surface area contributed by atoms with Gasteiger partial charge >= 0.3 is 0 Å². The third-order valence-electron chi connectivity index (χ3n) is 3.23. The maximum Gasteiger partial charge on any atom is 0.222 e. The molecule has 1 atom stereocenters. The van der Waals surface area contributed by atoms with Crippen molar-refractivity contribution in [2.24, 2.45) is 0 Å². The molecule has 0 bridgehead atoms. The largest absolute Gasteiger partial charge is 0.388 e. The highest BCUT2D eigenvalue weighted by molar-refractivity contribution is 7.89. The highest BCUT2D eigenvalue weighted by Gasteiger charge is 2.39. The standard InChI is InChI=1S/C11H22N2O5S/c1-12-10(14)8-11(15)4-3-5-13(9-11)19(16,17)7-6-18-2/h15H,3-9H2,1-2H3,(H,12,14). The topological polar surface area (TPSA) is 95.9 Å². The molecule has 112 valence electrons. The van der Waals surface area contributed by atoms with Gasteiger partial charge in [0.15, 0.2) is 0 Å². The molecule has 19 heavy (non-hydrogen) atoms. The molecule has 1 fully saturated rings. The van der Waals surface area contributed by atoms with E-state index in [0.717, 1.165) is 0 Å². The van der Waals surface area contributed by atoms with E-state index in [-0.39, 0.29) is 31.2 Å². The number of sulfonamides is 1. The fourth-order valence-electron chi connectivity index (χ4n) is 2.16. The Morgan fingerprint density at radius 3 is 2.79 bits per heavy atom. The van der Waals surface area contributed by atoms with E-state index in [2.05, 4.69) is 5.32 Å². The molecular weight excluding hydrogens is 272 g/mol. The molecule has 0 aromatic heterocycles. The van der Waals surface area contributed by atoms with E-state index in [0.29, 0.717) is 19.4 Å². The van der Waals surface area contributed by atoms with Crippen LogP contribution in [0.4, 0.5) is 0 Å². The second-order valence-corrected chi connectivity index (χ2v) is 6.91. The Bertz CT molecular complexity index is 411. The van der Waals surface area contributed by atoms with Gasteiger partial charge in [0.25, 0.3) is 0 Å². The van der Waals surface area contributed by atoms with E-state index in [4.69, 9.17) is 4.74 Å². The summed E-state index contributed by atoms with van der Waals surface area (Å²) in [7, 11) is -0.517. The third kappa shape index (κ3) is 4.72. The SMILES string of the molecule is CNC(=O)CC1(O)CCCN(S(=O)(=O)CCOC)C1. The lowest BCUT2D eigenvalue weighted by Crippen LogP contribution is -2.52. The van der Waals surface area contributed by atoms with Crippen molar-refractivity contribution in [2.45, 2.75) is 24.9 Å². The van der Waals surface area contributed by atoms with Gasteiger partial charge in [0.1, 0.15) is 0 Å². The molecule has 0 radical (unpaired) electrons. The van der Waals surface area contributed by atoms with Crippen LogP contribution in [0, 0.1) is 0 Å². The lowest BCUT2D eigenvalue weighted by Gasteiger charge is -2.38. The average molecular weight is 294 g/mol. The number of aliphatic hydroxyl groups is 1. The summed E-state index contributed by atoms with van der Waals surface area (Å²) in [4.78, 5) is 11.4. The number of amides is 1. The number of ether oxygens (including phenoxy) is 1. The van der Waals surface area contributed by atoms with Gasteiger partial charge in [0.2, 0.25) is 15.9 Å². The summed E-state index contributed by atoms with van der Waals surface area (Å²) in [5.74, 6) is -0.404. The molecular formula is C11H22N2O5S. The Morgan fingerprint density at radius 2 is 2.21 bits per heavy atom. The van der Waals surface area contributed by atoms with Crippen molar-refractivity contribution in [1.29, 1.82) is 0 Å². The highest BCUT2D eigenvalue weighted by Crippen LogP contribution is 2.26. The Kier molecular flexibility index (Phi) is 5.72. The first kappa shape index (κ1) is 16.4. The maximum absolute atomic E-state index is 12.0. The summed E-state index contributed by atoms with van der Waals surface area (Å²) in [6.45, 7) is 0.460. The maximum atomic E-state index is 12.0. The van der Waals surface area contributed by atoms with Crippen LogP contribution < -0.4 is 5.32 Å². The van der Waals surface area contributed by atoms with Crippen LogP contribution in [-0.2, 0) is 19.6 Å². The number of methoxy groups -OCH3 is 1. The van der Waals surface area contributed by atoms with Crippen LogP contribution in [0.25, 0.3) is 0 Å². The first-order chi connectivity index (χ1) is 8.83. The Hall–Kier alpha value is -0.700. The smallest absolute Gasteiger partial charge is 0.222 e. The van der Waals surface area contributed by atoms with E-state index in [9.17, 15) is 18.3 Å². The van der Waals surface area contributed by atoms with Crippen LogP contribution in [0.3, 0.4) is 0 Å². The molecule has 2 N–H and O–H groups in total. The lowest BCUT2D eigenvalue weighted by molar-refractivity contribution is -0.127. The van der Waals surface area contributed by atoms with E-state index < -0.39 is 15.6 Å². The predicted molar refractivity (Wildman–Crippen MR) is 70.1 cm³/mol. The number of piperidine rings is 1. The molecule has 7 nitrogen and oxygen atoms in total. The van der Waals surface area contributed by atoms with Gasteiger partial charge in [-0.25, -0.2) is 8.42 Å². The summed E-state index contributed by atoms with van der Waals surface area (Å²) in [5, 5.41) is 12.8. The number of carbonyl (C=O) groups is 1. The third-order valence-corrected chi connectivity index (χ3v) is 5.01. The molecule has 0 saturated carbocycles. The van der Waals surface area contributed by atoms with Crippen molar-refractivity contribution < 1.29 is 23.1 Å². The zero-order chi connectivity index (χ0) is 14.5. The Morgan fingerprint density at radius 1 is 1.53 bits per heavy atom. The fourth-order valence-corrected chi connectivity index (χ4v) is 3.64. The molecule has 1 unspecified atom stereocenters. The number of β-amino-alcohol motifs (C(OH)–C–C–N with tert-alkyl or cyclic N) is 1. The Balaban J connectivity index is 2.70. The minimum atomic E-state index is -3.44. The normalized spacial score (nSPS) is 25.2. The molecule has 0 aromatic carbocycles. The zero-order valence-electron chi connectivity index (χ0n) is 11.4. The molecule has 1 heterocycles. The van der Waals surface area contributed by atoms with Gasteiger partial charge in [-0.1, -0.05) is 0 Å². The average Bonchev–Trinajstić information content (AvgIpc) is 2.35. The molecule has 1 aliphatic heterocycles. The van der Waals surface area contributed by atoms with Gasteiger partial charge in [0, 0.05) is 27.2 Å². The first-order valence-corrected chi connectivity index (χ1v) is 7.84. The van der Waals surface area contributed by atoms with Gasteiger partial charge in [-0.3, -0.25) is 4.79 Å². The number of nitrogens with zero attached hydrogens (tertiary/aromatic N) is 1. The molecule has 0 aromatic rings. The number of hydrogen-bond donors (Lipinski definition) is 2. The monoisotopic (exact) mass is 294 g/mol. The summed E-state index contributed by atoms with van der Waals surface area (Å²) in [5.41, 5.74) is -1.28. The minimum absolute atomic E-state index is 0.0353. The van der Waals surface area contributed by atoms with Crippen molar-refractivity contribution >= 4 is 15.9 Å². The van der Waals surface area contributed by atoms with Gasteiger partial charge in [-0.05, 0) is 12.8 Å². The second kappa shape index (κ2) is 6.65. The summed E-state index contributed by atoms with van der Waals surface area (Å²) in [6.07, 6.45) is 0.885. The summed E-state index contributed by atoms with van der Waals surface area (Å²) < 4.78 is 30.1. The van der Waals surface area contributed by atoms with Gasteiger partial charge in [-0.2, -0.15) is 4.31 Å². The van der Waals surface area contributed by atoms with E-state index in [1.54, 1.807) is 0 Å². The minimum Gasteiger partial charge on any atom is -0.388 e. The number of rotatable bonds is 6. The lowest BCUT2D eigenvalue weighted by atomic mass is 9.90. The van der Waals surface area contributed by atoms with Crippen LogP contribution >= 0.6 is 0 Å². The molecule has 1 amide bonds. The van der Waals surface area contributed by atoms with Crippen LogP contribution in [-0.4, -0.2) is 68.9 Å². The van der Waals surface area contributed by atoms with Gasteiger partial charge < -0.3 is 15.2 Å². The molecule has 1 aliphatic rings. The molecule has 1 rings (SSSR count). The van der Waals surface area contributed by atoms with Gasteiger partial charge in [-0.15, -0.1) is 0 Å². The predicted octanol–water partition coefficient (Wildman–Crippen LogP) is -1.07. The highest BCUT2D eigenvalue weighted by atomic mass is 32.2. The molecule has 0 aliphatic carbocycles. The van der Waals surface area contributed by atoms with Crippen LogP contribution in [0.2, 0.25) is 0 Å². The van der Waals surface area contributed by atoms with Crippen molar-refractivity contribution in [3.63, 3.8) is 0 Å². The molecule has 0 spiro atoms. The second-order valence-electron chi connectivity index (χ2n) is 4.82. The van der Waals surface area contributed by atoms with Gasteiger partial charge in [0.05, 0.1) is 24.4 Å². The Labute approximate surface area is 114 Å². The summed E-state index contributed by atoms with van der Waals surface area (Å²) in [6, 6.07) is 0. The van der Waals surface area contributed by atoms with Crippen molar-refractivity contribution in [2.75, 3.05) is 39.6 Å². The quantitative estimate of drug-likeness (QED) is 0.650. The van der Waals surface area contributed by atoms with Crippen LogP contribution in [0.1, 0.15) is 19.3 Å². The fraction of sp³-hybridized carbons (Fsp3) is 0.909. The number of hydrogen-bond acceptors (Lipinski definition) is 5. The van der Waals surface area contributed by atoms with Crippen LogP contribution in [0.15, 0.2) is 0 Å². The number of carbonyl (C=O) groups excluding carboxylic acids is 1. The zero-order valence-corrected chi connectivity index (χ0v) is 12.2. The molecule has 1 saturated heterocycles. The van der Waals surface area contributed by atoms with Crippen LogP contribution in [0.5, 0.6) is 0 Å². The van der Waals surface area contributed by atoms with E-state index in [1.807, 2.05) is 0 Å². The van der Waals surface area contributed by atoms with Crippen molar-refractivity contribution in [1.82, 2.24) is 9.62 Å². The number of nitrogens with one attached hydrogen (secondary N) is 1. The molecule has 8 heteroatoms.